The standard InChI is InChI=1S/C10H8BBrN2O2/c12-10-6-8(11(15)16)5-9(14-10)7-1-3-13-4-2-7/h1-6,15-16H. The van der Waals surface area contributed by atoms with Gasteiger partial charge >= 0.3 is 7.12 Å². The Labute approximate surface area is 101 Å². The highest BCUT2D eigenvalue weighted by Gasteiger charge is 2.13. The maximum atomic E-state index is 9.11. The van der Waals surface area contributed by atoms with E-state index < -0.39 is 7.12 Å². The van der Waals surface area contributed by atoms with E-state index in [-0.39, 0.29) is 0 Å². The lowest BCUT2D eigenvalue weighted by Gasteiger charge is -2.05. The zero-order valence-corrected chi connectivity index (χ0v) is 9.79. The maximum absolute atomic E-state index is 9.11. The molecule has 2 N–H and O–H groups in total. The van der Waals surface area contributed by atoms with E-state index in [4.69, 9.17) is 10.0 Å². The molecular formula is C10H8BBrN2O2. The van der Waals surface area contributed by atoms with Crippen LogP contribution in [0.1, 0.15) is 0 Å². The van der Waals surface area contributed by atoms with Gasteiger partial charge in [-0.3, -0.25) is 4.98 Å². The molecule has 0 atom stereocenters. The van der Waals surface area contributed by atoms with Crippen LogP contribution in [0.4, 0.5) is 0 Å². The highest BCUT2D eigenvalue weighted by atomic mass is 79.9. The quantitative estimate of drug-likeness (QED) is 0.623. The van der Waals surface area contributed by atoms with Crippen molar-refractivity contribution in [2.75, 3.05) is 0 Å². The summed E-state index contributed by atoms with van der Waals surface area (Å²) in [7, 11) is -1.50. The first-order valence-electron chi connectivity index (χ1n) is 4.61. The van der Waals surface area contributed by atoms with E-state index in [1.807, 2.05) is 12.1 Å². The summed E-state index contributed by atoms with van der Waals surface area (Å²) in [5.41, 5.74) is 1.94. The third kappa shape index (κ3) is 2.47. The molecule has 0 fully saturated rings. The van der Waals surface area contributed by atoms with Gasteiger partial charge in [-0.05, 0) is 45.7 Å². The van der Waals surface area contributed by atoms with Gasteiger partial charge in [0.05, 0.1) is 5.69 Å². The van der Waals surface area contributed by atoms with Gasteiger partial charge in [-0.2, -0.15) is 0 Å². The molecule has 6 heteroatoms. The van der Waals surface area contributed by atoms with Crippen molar-refractivity contribution in [2.45, 2.75) is 0 Å². The Morgan fingerprint density at radius 1 is 1.12 bits per heavy atom. The Morgan fingerprint density at radius 3 is 2.44 bits per heavy atom. The first kappa shape index (κ1) is 11.3. The maximum Gasteiger partial charge on any atom is 0.488 e. The fraction of sp³-hybridized carbons (Fsp3) is 0. The third-order valence-corrected chi connectivity index (χ3v) is 2.50. The summed E-state index contributed by atoms with van der Waals surface area (Å²) in [6, 6.07) is 6.81. The molecule has 0 aliphatic heterocycles. The Balaban J connectivity index is 2.50. The van der Waals surface area contributed by atoms with Crippen LogP contribution in [0.5, 0.6) is 0 Å². The molecule has 0 aliphatic carbocycles. The molecule has 2 aromatic heterocycles. The average Bonchev–Trinajstić information content (AvgIpc) is 2.29. The molecule has 4 nitrogen and oxygen atoms in total. The van der Waals surface area contributed by atoms with E-state index in [0.29, 0.717) is 15.8 Å². The van der Waals surface area contributed by atoms with E-state index in [0.717, 1.165) is 5.56 Å². The molecule has 0 aliphatic rings. The lowest BCUT2D eigenvalue weighted by molar-refractivity contribution is 0.425. The second-order valence-corrected chi connectivity index (χ2v) is 4.03. The van der Waals surface area contributed by atoms with E-state index in [9.17, 15) is 0 Å². The summed E-state index contributed by atoms with van der Waals surface area (Å²) in [5.74, 6) is 0. The van der Waals surface area contributed by atoms with E-state index >= 15 is 0 Å². The van der Waals surface area contributed by atoms with Gasteiger partial charge in [0.1, 0.15) is 4.60 Å². The van der Waals surface area contributed by atoms with Gasteiger partial charge in [0.25, 0.3) is 0 Å². The average molecular weight is 279 g/mol. The van der Waals surface area contributed by atoms with Crippen LogP contribution in [0, 0.1) is 0 Å². The molecule has 0 amide bonds. The van der Waals surface area contributed by atoms with Crippen LogP contribution in [0.15, 0.2) is 41.3 Å². The second kappa shape index (κ2) is 4.73. The van der Waals surface area contributed by atoms with Gasteiger partial charge < -0.3 is 10.0 Å². The fourth-order valence-electron chi connectivity index (χ4n) is 1.34. The molecule has 0 radical (unpaired) electrons. The number of halogens is 1. The van der Waals surface area contributed by atoms with Crippen LogP contribution in [0.3, 0.4) is 0 Å². The molecule has 2 heterocycles. The molecular weight excluding hydrogens is 271 g/mol. The minimum atomic E-state index is -1.50. The van der Waals surface area contributed by atoms with Gasteiger partial charge in [-0.25, -0.2) is 4.98 Å². The van der Waals surface area contributed by atoms with E-state index in [1.165, 1.54) is 0 Å². The first-order valence-corrected chi connectivity index (χ1v) is 5.40. The highest BCUT2D eigenvalue weighted by Crippen LogP contribution is 2.17. The minimum absolute atomic E-state index is 0.397. The van der Waals surface area contributed by atoms with E-state index in [1.54, 1.807) is 24.5 Å². The topological polar surface area (TPSA) is 66.2 Å². The SMILES string of the molecule is OB(O)c1cc(Br)nc(-c2ccncc2)c1. The molecule has 0 aromatic carbocycles. The van der Waals surface area contributed by atoms with Gasteiger partial charge in [-0.1, -0.05) is 0 Å². The zero-order valence-electron chi connectivity index (χ0n) is 8.21. The van der Waals surface area contributed by atoms with Gasteiger partial charge in [-0.15, -0.1) is 0 Å². The normalized spacial score (nSPS) is 10.2. The van der Waals surface area contributed by atoms with Crippen LogP contribution in [0.2, 0.25) is 0 Å². The van der Waals surface area contributed by atoms with Crippen molar-refractivity contribution >= 4 is 28.5 Å². The monoisotopic (exact) mass is 278 g/mol. The van der Waals surface area contributed by atoms with Crippen molar-refractivity contribution in [1.29, 1.82) is 0 Å². The summed E-state index contributed by atoms with van der Waals surface area (Å²) in [6.45, 7) is 0. The molecule has 0 bridgehead atoms. The molecule has 0 saturated carbocycles. The van der Waals surface area contributed by atoms with Gasteiger partial charge in [0.15, 0.2) is 0 Å². The van der Waals surface area contributed by atoms with Gasteiger partial charge in [0, 0.05) is 18.0 Å². The number of nitrogens with zero attached hydrogens (tertiary/aromatic N) is 2. The minimum Gasteiger partial charge on any atom is -0.423 e. The van der Waals surface area contributed by atoms with Crippen molar-refractivity contribution in [1.82, 2.24) is 9.97 Å². The molecule has 2 rings (SSSR count). The van der Waals surface area contributed by atoms with Crippen molar-refractivity contribution < 1.29 is 10.0 Å². The van der Waals surface area contributed by atoms with Crippen molar-refractivity contribution in [3.05, 3.63) is 41.3 Å². The lowest BCUT2D eigenvalue weighted by atomic mass is 9.80. The van der Waals surface area contributed by atoms with E-state index in [2.05, 4.69) is 25.9 Å². The predicted molar refractivity (Wildman–Crippen MR) is 65.0 cm³/mol. The van der Waals surface area contributed by atoms with Crippen LogP contribution in [-0.2, 0) is 0 Å². The summed E-state index contributed by atoms with van der Waals surface area (Å²) in [4.78, 5) is 8.17. The molecule has 0 saturated heterocycles. The second-order valence-electron chi connectivity index (χ2n) is 3.22. The van der Waals surface area contributed by atoms with Crippen LogP contribution >= 0.6 is 15.9 Å². The van der Waals surface area contributed by atoms with Crippen LogP contribution < -0.4 is 5.46 Å². The Hall–Kier alpha value is -1.24. The molecule has 16 heavy (non-hydrogen) atoms. The highest BCUT2D eigenvalue weighted by molar-refractivity contribution is 9.10. The van der Waals surface area contributed by atoms with Crippen molar-refractivity contribution in [3.8, 4) is 11.3 Å². The number of hydrogen-bond donors (Lipinski definition) is 2. The smallest absolute Gasteiger partial charge is 0.423 e. The number of rotatable bonds is 2. The number of hydrogen-bond acceptors (Lipinski definition) is 4. The summed E-state index contributed by atoms with van der Waals surface area (Å²) in [5, 5.41) is 18.2. The molecule has 80 valence electrons. The summed E-state index contributed by atoms with van der Waals surface area (Å²) >= 11 is 3.23. The Kier molecular flexibility index (Phi) is 3.33. The lowest BCUT2D eigenvalue weighted by Crippen LogP contribution is -2.30. The van der Waals surface area contributed by atoms with Crippen molar-refractivity contribution in [3.63, 3.8) is 0 Å². The van der Waals surface area contributed by atoms with Crippen LogP contribution in [0.25, 0.3) is 11.3 Å². The third-order valence-electron chi connectivity index (χ3n) is 2.09. The summed E-state index contributed by atoms with van der Waals surface area (Å²) < 4.78 is 0.560. The largest absolute Gasteiger partial charge is 0.488 e. The zero-order chi connectivity index (χ0) is 11.5. The summed E-state index contributed by atoms with van der Waals surface area (Å²) in [6.07, 6.45) is 3.32. The van der Waals surface area contributed by atoms with Gasteiger partial charge in [0.2, 0.25) is 0 Å². The Morgan fingerprint density at radius 2 is 1.81 bits per heavy atom. The first-order chi connectivity index (χ1) is 7.66. The number of pyridine rings is 2. The molecule has 0 spiro atoms. The Bertz CT molecular complexity index is 493. The molecule has 2 aromatic rings. The van der Waals surface area contributed by atoms with Crippen molar-refractivity contribution in [2.24, 2.45) is 0 Å². The molecule has 0 unspecified atom stereocenters. The predicted octanol–water partition coefficient (Wildman–Crippen LogP) is 0.586. The number of aromatic nitrogens is 2. The fourth-order valence-corrected chi connectivity index (χ4v) is 1.79. The van der Waals surface area contributed by atoms with Crippen LogP contribution in [-0.4, -0.2) is 27.1 Å².